The van der Waals surface area contributed by atoms with Crippen LogP contribution in [0.15, 0.2) is 4.99 Å². The fraction of sp³-hybridized carbons (Fsp3) is 0.944. The molecule has 0 aromatic carbocycles. The summed E-state index contributed by atoms with van der Waals surface area (Å²) in [6, 6.07) is 1.03. The van der Waals surface area contributed by atoms with Crippen molar-refractivity contribution in [2.75, 3.05) is 46.8 Å². The van der Waals surface area contributed by atoms with E-state index in [1.54, 1.807) is 0 Å². The minimum atomic E-state index is 0. The fourth-order valence-electron chi connectivity index (χ4n) is 3.01. The molecule has 1 rings (SSSR count). The van der Waals surface area contributed by atoms with E-state index < -0.39 is 0 Å². The number of nitrogens with zero attached hydrogens (tertiary/aromatic N) is 3. The van der Waals surface area contributed by atoms with E-state index in [-0.39, 0.29) is 24.0 Å². The maximum atomic E-state index is 4.37. The third-order valence-electron chi connectivity index (χ3n) is 4.82. The SMILES string of the molecule is CCCCCCC(C)NC(=NC)NCC(C)N1CCN(C)CC1.I. The number of halogens is 1. The molecule has 6 heteroatoms. The molecule has 2 N–H and O–H groups in total. The molecule has 0 spiro atoms. The minimum absolute atomic E-state index is 0. The fourth-order valence-corrected chi connectivity index (χ4v) is 3.01. The first-order valence-corrected chi connectivity index (χ1v) is 9.46. The van der Waals surface area contributed by atoms with E-state index in [0.717, 1.165) is 12.5 Å². The summed E-state index contributed by atoms with van der Waals surface area (Å²) in [6.07, 6.45) is 6.51. The van der Waals surface area contributed by atoms with Crippen LogP contribution in [0.3, 0.4) is 0 Å². The van der Waals surface area contributed by atoms with Gasteiger partial charge in [0.2, 0.25) is 0 Å². The van der Waals surface area contributed by atoms with E-state index in [4.69, 9.17) is 0 Å². The summed E-state index contributed by atoms with van der Waals surface area (Å²) in [5, 5.41) is 7.01. The number of hydrogen-bond acceptors (Lipinski definition) is 3. The van der Waals surface area contributed by atoms with Gasteiger partial charge in [-0.25, -0.2) is 0 Å². The molecule has 1 aliphatic rings. The van der Waals surface area contributed by atoms with Gasteiger partial charge in [0, 0.05) is 51.9 Å². The van der Waals surface area contributed by atoms with Gasteiger partial charge in [0.05, 0.1) is 0 Å². The highest BCUT2D eigenvalue weighted by Gasteiger charge is 2.19. The van der Waals surface area contributed by atoms with Crippen molar-refractivity contribution < 1.29 is 0 Å². The Kier molecular flexibility index (Phi) is 14.1. The Morgan fingerprint density at radius 3 is 2.33 bits per heavy atom. The molecule has 2 atom stereocenters. The summed E-state index contributed by atoms with van der Waals surface area (Å²) in [5.74, 6) is 0.939. The highest BCUT2D eigenvalue weighted by atomic mass is 127. The van der Waals surface area contributed by atoms with Crippen LogP contribution in [-0.4, -0.2) is 74.7 Å². The predicted molar refractivity (Wildman–Crippen MR) is 117 cm³/mol. The maximum Gasteiger partial charge on any atom is 0.191 e. The van der Waals surface area contributed by atoms with E-state index >= 15 is 0 Å². The van der Waals surface area contributed by atoms with Gasteiger partial charge >= 0.3 is 0 Å². The number of piperazine rings is 1. The second-order valence-electron chi connectivity index (χ2n) is 7.04. The lowest BCUT2D eigenvalue weighted by Gasteiger charge is -2.36. The number of aliphatic imine (C=N–C) groups is 1. The lowest BCUT2D eigenvalue weighted by Crippen LogP contribution is -2.52. The molecule has 0 aromatic rings. The molecule has 1 fully saturated rings. The zero-order valence-corrected chi connectivity index (χ0v) is 18.8. The minimum Gasteiger partial charge on any atom is -0.355 e. The zero-order valence-electron chi connectivity index (χ0n) is 16.5. The third-order valence-corrected chi connectivity index (χ3v) is 4.82. The van der Waals surface area contributed by atoms with Crippen LogP contribution in [0.4, 0.5) is 0 Å². The molecule has 144 valence electrons. The van der Waals surface area contributed by atoms with Gasteiger partial charge in [-0.2, -0.15) is 0 Å². The summed E-state index contributed by atoms with van der Waals surface area (Å²) in [5.41, 5.74) is 0. The van der Waals surface area contributed by atoms with Gasteiger partial charge in [-0.3, -0.25) is 9.89 Å². The second-order valence-corrected chi connectivity index (χ2v) is 7.04. The van der Waals surface area contributed by atoms with E-state index in [2.05, 4.69) is 53.2 Å². The molecule has 0 radical (unpaired) electrons. The number of nitrogens with one attached hydrogen (secondary N) is 2. The second kappa shape index (κ2) is 14.1. The molecule has 5 nitrogen and oxygen atoms in total. The predicted octanol–water partition coefficient (Wildman–Crippen LogP) is 2.76. The Balaban J connectivity index is 0.00000529. The number of likely N-dealkylation sites (N-methyl/N-ethyl adjacent to an activating group) is 1. The molecule has 1 heterocycles. The van der Waals surface area contributed by atoms with Crippen LogP contribution in [0.5, 0.6) is 0 Å². The van der Waals surface area contributed by atoms with Gasteiger partial charge in [0.15, 0.2) is 5.96 Å². The number of rotatable bonds is 9. The lowest BCUT2D eigenvalue weighted by molar-refractivity contribution is 0.120. The summed E-state index contributed by atoms with van der Waals surface area (Å²) >= 11 is 0. The molecule has 0 aromatic heterocycles. The van der Waals surface area contributed by atoms with E-state index in [1.165, 1.54) is 58.3 Å². The monoisotopic (exact) mass is 453 g/mol. The van der Waals surface area contributed by atoms with Gasteiger partial charge in [-0.15, -0.1) is 24.0 Å². The van der Waals surface area contributed by atoms with Crippen molar-refractivity contribution in [2.24, 2.45) is 4.99 Å². The normalized spacial score (nSPS) is 19.5. The Labute approximate surface area is 167 Å². The molecule has 0 amide bonds. The highest BCUT2D eigenvalue weighted by Crippen LogP contribution is 2.06. The molecular weight excluding hydrogens is 413 g/mol. The average Bonchev–Trinajstić information content (AvgIpc) is 2.55. The van der Waals surface area contributed by atoms with Crippen molar-refractivity contribution >= 4 is 29.9 Å². The van der Waals surface area contributed by atoms with Gasteiger partial charge < -0.3 is 15.5 Å². The molecule has 0 bridgehead atoms. The van der Waals surface area contributed by atoms with Crippen LogP contribution in [0, 0.1) is 0 Å². The molecule has 1 saturated heterocycles. The van der Waals surface area contributed by atoms with Crippen molar-refractivity contribution in [1.82, 2.24) is 20.4 Å². The molecule has 0 saturated carbocycles. The first-order chi connectivity index (χ1) is 11.1. The topological polar surface area (TPSA) is 42.9 Å². The number of unbranched alkanes of at least 4 members (excludes halogenated alkanes) is 3. The van der Waals surface area contributed by atoms with Crippen molar-refractivity contribution in [3.63, 3.8) is 0 Å². The van der Waals surface area contributed by atoms with Crippen molar-refractivity contribution in [2.45, 2.75) is 65.0 Å². The van der Waals surface area contributed by atoms with Gasteiger partial charge in [0.1, 0.15) is 0 Å². The quantitative estimate of drug-likeness (QED) is 0.244. The maximum absolute atomic E-state index is 4.37. The zero-order chi connectivity index (χ0) is 17.1. The lowest BCUT2D eigenvalue weighted by atomic mass is 10.1. The van der Waals surface area contributed by atoms with E-state index in [0.29, 0.717) is 12.1 Å². The van der Waals surface area contributed by atoms with Crippen molar-refractivity contribution in [1.29, 1.82) is 0 Å². The third kappa shape index (κ3) is 10.0. The van der Waals surface area contributed by atoms with Crippen LogP contribution in [0.1, 0.15) is 52.9 Å². The Morgan fingerprint density at radius 1 is 1.08 bits per heavy atom. The first kappa shape index (κ1) is 23.9. The largest absolute Gasteiger partial charge is 0.355 e. The number of guanidine groups is 1. The van der Waals surface area contributed by atoms with Gasteiger partial charge in [-0.05, 0) is 27.3 Å². The smallest absolute Gasteiger partial charge is 0.191 e. The van der Waals surface area contributed by atoms with Crippen molar-refractivity contribution in [3.8, 4) is 0 Å². The van der Waals surface area contributed by atoms with E-state index in [9.17, 15) is 0 Å². The molecule has 2 unspecified atom stereocenters. The van der Waals surface area contributed by atoms with Crippen LogP contribution in [-0.2, 0) is 0 Å². The summed E-state index contributed by atoms with van der Waals surface area (Å²) in [7, 11) is 4.06. The Bertz CT molecular complexity index is 329. The van der Waals surface area contributed by atoms with Crippen molar-refractivity contribution in [3.05, 3.63) is 0 Å². The summed E-state index contributed by atoms with van der Waals surface area (Å²) < 4.78 is 0. The average molecular weight is 453 g/mol. The van der Waals surface area contributed by atoms with Gasteiger partial charge in [0.25, 0.3) is 0 Å². The van der Waals surface area contributed by atoms with Crippen LogP contribution in [0.2, 0.25) is 0 Å². The highest BCUT2D eigenvalue weighted by molar-refractivity contribution is 14.0. The molecule has 0 aliphatic carbocycles. The molecule has 1 aliphatic heterocycles. The van der Waals surface area contributed by atoms with Crippen LogP contribution >= 0.6 is 24.0 Å². The first-order valence-electron chi connectivity index (χ1n) is 9.46. The Hall–Kier alpha value is -0.0800. The molecular formula is C18H40IN5. The molecule has 24 heavy (non-hydrogen) atoms. The van der Waals surface area contributed by atoms with Crippen LogP contribution < -0.4 is 10.6 Å². The van der Waals surface area contributed by atoms with Gasteiger partial charge in [-0.1, -0.05) is 32.6 Å². The Morgan fingerprint density at radius 2 is 1.75 bits per heavy atom. The summed E-state index contributed by atoms with van der Waals surface area (Å²) in [6.45, 7) is 12.4. The van der Waals surface area contributed by atoms with E-state index in [1.807, 2.05) is 7.05 Å². The standard InChI is InChI=1S/C18H39N5.HI/c1-6-7-8-9-10-16(2)21-18(19-4)20-15-17(3)23-13-11-22(5)12-14-23;/h16-17H,6-15H2,1-5H3,(H2,19,20,21);1H. The summed E-state index contributed by atoms with van der Waals surface area (Å²) in [4.78, 5) is 9.33. The van der Waals surface area contributed by atoms with Crippen LogP contribution in [0.25, 0.3) is 0 Å². The number of hydrogen-bond donors (Lipinski definition) is 2.